The fourth-order valence-electron chi connectivity index (χ4n) is 2.40. The number of rotatable bonds is 6. The Morgan fingerprint density at radius 2 is 2.33 bits per heavy atom. The summed E-state index contributed by atoms with van der Waals surface area (Å²) in [6.07, 6.45) is 1.52. The van der Waals surface area contributed by atoms with E-state index in [1.54, 1.807) is 6.92 Å². The number of carbonyl (C=O) groups is 2. The summed E-state index contributed by atoms with van der Waals surface area (Å²) < 4.78 is 6.70. The van der Waals surface area contributed by atoms with Crippen molar-refractivity contribution in [2.45, 2.75) is 19.5 Å². The van der Waals surface area contributed by atoms with Gasteiger partial charge in [0.15, 0.2) is 5.69 Å². The zero-order chi connectivity index (χ0) is 15.4. The second-order valence-electron chi connectivity index (χ2n) is 4.80. The Morgan fingerprint density at radius 1 is 1.57 bits per heavy atom. The molecule has 1 amide bonds. The lowest BCUT2D eigenvalue weighted by Crippen LogP contribution is -2.46. The molecule has 2 atom stereocenters. The Hall–Kier alpha value is -2.00. The van der Waals surface area contributed by atoms with Gasteiger partial charge in [-0.2, -0.15) is 0 Å². The SMILES string of the molecule is CCN(C(=O)c1cn(CCN)nn1)C1COCC1C(=O)O. The molecule has 1 aromatic rings. The largest absolute Gasteiger partial charge is 0.481 e. The number of hydrogen-bond donors (Lipinski definition) is 2. The summed E-state index contributed by atoms with van der Waals surface area (Å²) in [7, 11) is 0. The number of ether oxygens (including phenoxy) is 1. The molecule has 0 aliphatic carbocycles. The number of aliphatic carboxylic acids is 1. The predicted octanol–water partition coefficient (Wildman–Crippen LogP) is -1.20. The molecule has 0 aromatic carbocycles. The van der Waals surface area contributed by atoms with E-state index in [4.69, 9.17) is 10.5 Å². The standard InChI is InChI=1S/C12H19N5O4/c1-2-17(10-7-21-6-8(10)12(19)20)11(18)9-5-16(4-3-13)15-14-9/h5,8,10H,2-4,6-7,13H2,1H3,(H,19,20). The van der Waals surface area contributed by atoms with Gasteiger partial charge in [-0.05, 0) is 6.92 Å². The minimum Gasteiger partial charge on any atom is -0.481 e. The minimum absolute atomic E-state index is 0.115. The van der Waals surface area contributed by atoms with E-state index in [9.17, 15) is 14.7 Å². The molecule has 1 saturated heterocycles. The van der Waals surface area contributed by atoms with Gasteiger partial charge in [0, 0.05) is 13.1 Å². The van der Waals surface area contributed by atoms with Crippen LogP contribution in [-0.4, -0.2) is 69.2 Å². The molecule has 0 radical (unpaired) electrons. The Balaban J connectivity index is 2.15. The molecular weight excluding hydrogens is 278 g/mol. The van der Waals surface area contributed by atoms with Gasteiger partial charge in [0.2, 0.25) is 0 Å². The maximum Gasteiger partial charge on any atom is 0.311 e. The molecule has 116 valence electrons. The van der Waals surface area contributed by atoms with E-state index in [2.05, 4.69) is 10.3 Å². The van der Waals surface area contributed by atoms with Gasteiger partial charge in [0.05, 0.1) is 32.0 Å². The molecule has 2 unspecified atom stereocenters. The molecule has 9 heteroatoms. The van der Waals surface area contributed by atoms with Gasteiger partial charge in [-0.1, -0.05) is 5.21 Å². The first-order valence-electron chi connectivity index (χ1n) is 6.80. The molecule has 0 spiro atoms. The van der Waals surface area contributed by atoms with Gasteiger partial charge in [-0.25, -0.2) is 0 Å². The highest BCUT2D eigenvalue weighted by atomic mass is 16.5. The van der Waals surface area contributed by atoms with E-state index in [1.165, 1.54) is 15.8 Å². The van der Waals surface area contributed by atoms with Crippen LogP contribution in [0.25, 0.3) is 0 Å². The van der Waals surface area contributed by atoms with Crippen LogP contribution in [0.1, 0.15) is 17.4 Å². The van der Waals surface area contributed by atoms with Crippen molar-refractivity contribution in [1.82, 2.24) is 19.9 Å². The van der Waals surface area contributed by atoms with Crippen molar-refractivity contribution in [3.8, 4) is 0 Å². The molecule has 1 aliphatic heterocycles. The molecule has 1 aliphatic rings. The Morgan fingerprint density at radius 3 is 2.95 bits per heavy atom. The zero-order valence-corrected chi connectivity index (χ0v) is 11.8. The molecule has 0 saturated carbocycles. The van der Waals surface area contributed by atoms with Gasteiger partial charge >= 0.3 is 5.97 Å². The second-order valence-corrected chi connectivity index (χ2v) is 4.80. The summed E-state index contributed by atoms with van der Waals surface area (Å²) in [5, 5.41) is 16.8. The summed E-state index contributed by atoms with van der Waals surface area (Å²) in [6, 6.07) is -0.486. The summed E-state index contributed by atoms with van der Waals surface area (Å²) in [5.41, 5.74) is 5.60. The lowest BCUT2D eigenvalue weighted by Gasteiger charge is -2.28. The van der Waals surface area contributed by atoms with Crippen LogP contribution in [0.2, 0.25) is 0 Å². The molecule has 0 bridgehead atoms. The van der Waals surface area contributed by atoms with Gasteiger partial charge in [0.25, 0.3) is 5.91 Å². The van der Waals surface area contributed by atoms with Crippen LogP contribution >= 0.6 is 0 Å². The summed E-state index contributed by atoms with van der Waals surface area (Å²) in [6.45, 7) is 3.36. The Labute approximate surface area is 121 Å². The zero-order valence-electron chi connectivity index (χ0n) is 11.8. The van der Waals surface area contributed by atoms with Crippen molar-refractivity contribution in [3.63, 3.8) is 0 Å². The lowest BCUT2D eigenvalue weighted by molar-refractivity contribution is -0.142. The molecular formula is C12H19N5O4. The molecule has 21 heavy (non-hydrogen) atoms. The fourth-order valence-corrected chi connectivity index (χ4v) is 2.40. The van der Waals surface area contributed by atoms with Crippen LogP contribution in [0.5, 0.6) is 0 Å². The number of carbonyl (C=O) groups excluding carboxylic acids is 1. The number of nitrogens with two attached hydrogens (primary N) is 1. The molecule has 1 aromatic heterocycles. The number of likely N-dealkylation sites (N-methyl/N-ethyl adjacent to an activating group) is 1. The summed E-state index contributed by atoms with van der Waals surface area (Å²) in [5.74, 6) is -2.02. The predicted molar refractivity (Wildman–Crippen MR) is 71.5 cm³/mol. The Bertz CT molecular complexity index is 518. The van der Waals surface area contributed by atoms with Crippen molar-refractivity contribution in [1.29, 1.82) is 0 Å². The Kier molecular flexibility index (Phi) is 4.86. The number of carboxylic acid groups (broad SMARTS) is 1. The van der Waals surface area contributed by atoms with Crippen molar-refractivity contribution in [2.75, 3.05) is 26.3 Å². The molecule has 2 rings (SSSR count). The first-order valence-corrected chi connectivity index (χ1v) is 6.80. The van der Waals surface area contributed by atoms with Crippen molar-refractivity contribution in [2.24, 2.45) is 11.7 Å². The maximum atomic E-state index is 12.5. The third kappa shape index (κ3) is 3.19. The first kappa shape index (κ1) is 15.4. The third-order valence-corrected chi connectivity index (χ3v) is 3.49. The van der Waals surface area contributed by atoms with Crippen molar-refractivity contribution >= 4 is 11.9 Å². The van der Waals surface area contributed by atoms with Crippen LogP contribution in [0.15, 0.2) is 6.20 Å². The lowest BCUT2D eigenvalue weighted by atomic mass is 10.0. The fraction of sp³-hybridized carbons (Fsp3) is 0.667. The van der Waals surface area contributed by atoms with Crippen LogP contribution in [-0.2, 0) is 16.1 Å². The molecule has 3 N–H and O–H groups in total. The molecule has 9 nitrogen and oxygen atoms in total. The monoisotopic (exact) mass is 297 g/mol. The molecule has 1 fully saturated rings. The van der Waals surface area contributed by atoms with Crippen molar-refractivity contribution < 1.29 is 19.4 Å². The highest BCUT2D eigenvalue weighted by Gasteiger charge is 2.40. The highest BCUT2D eigenvalue weighted by molar-refractivity contribution is 5.92. The normalized spacial score (nSPS) is 21.4. The maximum absolute atomic E-state index is 12.5. The third-order valence-electron chi connectivity index (χ3n) is 3.49. The number of aromatic nitrogens is 3. The number of nitrogens with zero attached hydrogens (tertiary/aromatic N) is 4. The minimum atomic E-state index is -0.962. The van der Waals surface area contributed by atoms with E-state index >= 15 is 0 Å². The molecule has 2 heterocycles. The van der Waals surface area contributed by atoms with Gasteiger partial charge in [-0.15, -0.1) is 5.10 Å². The van der Waals surface area contributed by atoms with Gasteiger partial charge < -0.3 is 20.5 Å². The summed E-state index contributed by atoms with van der Waals surface area (Å²) >= 11 is 0. The average Bonchev–Trinajstić information content (AvgIpc) is 3.09. The van der Waals surface area contributed by atoms with Crippen molar-refractivity contribution in [3.05, 3.63) is 11.9 Å². The number of amides is 1. The second kappa shape index (κ2) is 6.64. The van der Waals surface area contributed by atoms with E-state index in [0.717, 1.165) is 0 Å². The first-order chi connectivity index (χ1) is 10.1. The summed E-state index contributed by atoms with van der Waals surface area (Å²) in [4.78, 5) is 25.2. The number of carboxylic acids is 1. The topological polar surface area (TPSA) is 124 Å². The van der Waals surface area contributed by atoms with Crippen LogP contribution in [0, 0.1) is 5.92 Å². The van der Waals surface area contributed by atoms with Crippen LogP contribution < -0.4 is 5.73 Å². The quantitative estimate of drug-likeness (QED) is 0.675. The van der Waals surface area contributed by atoms with Gasteiger partial charge in [-0.3, -0.25) is 14.3 Å². The van der Waals surface area contributed by atoms with E-state index < -0.39 is 17.9 Å². The van der Waals surface area contributed by atoms with Gasteiger partial charge in [0.1, 0.15) is 5.92 Å². The smallest absolute Gasteiger partial charge is 0.311 e. The average molecular weight is 297 g/mol. The highest BCUT2D eigenvalue weighted by Crippen LogP contribution is 2.21. The number of hydrogen-bond acceptors (Lipinski definition) is 6. The van der Waals surface area contributed by atoms with Crippen LogP contribution in [0.4, 0.5) is 0 Å². The van der Waals surface area contributed by atoms with Crippen LogP contribution in [0.3, 0.4) is 0 Å². The van der Waals surface area contributed by atoms with E-state index in [1.807, 2.05) is 0 Å². The van der Waals surface area contributed by atoms with E-state index in [0.29, 0.717) is 19.6 Å². The van der Waals surface area contributed by atoms with E-state index in [-0.39, 0.29) is 24.8 Å².